The molecule has 4 heteroatoms. The number of hydrogen-bond donors (Lipinski definition) is 2. The second-order valence-electron chi connectivity index (χ2n) is 8.81. The Morgan fingerprint density at radius 1 is 1.15 bits per heavy atom. The van der Waals surface area contributed by atoms with Gasteiger partial charge in [0.15, 0.2) is 0 Å². The molecule has 0 aliphatic heterocycles. The van der Waals surface area contributed by atoms with Crippen LogP contribution in [0.15, 0.2) is 35.9 Å². The molecule has 2 amide bonds. The van der Waals surface area contributed by atoms with E-state index in [1.807, 2.05) is 12.1 Å². The van der Waals surface area contributed by atoms with E-state index in [4.69, 9.17) is 5.73 Å². The van der Waals surface area contributed by atoms with Crippen LogP contribution in [0.5, 0.6) is 0 Å². The van der Waals surface area contributed by atoms with Gasteiger partial charge < -0.3 is 11.1 Å². The summed E-state index contributed by atoms with van der Waals surface area (Å²) in [6.45, 7) is 2.56. The molecule has 5 rings (SSSR count). The highest BCUT2D eigenvalue weighted by atomic mass is 16.1. The number of benzene rings is 1. The molecule has 0 aromatic heterocycles. The maximum atomic E-state index is 12.5. The number of primary amides is 1. The lowest BCUT2D eigenvalue weighted by Gasteiger charge is -2.57. The molecule has 0 radical (unpaired) electrons. The quantitative estimate of drug-likeness (QED) is 0.795. The molecule has 26 heavy (non-hydrogen) atoms. The van der Waals surface area contributed by atoms with Gasteiger partial charge in [-0.3, -0.25) is 9.59 Å². The van der Waals surface area contributed by atoms with Crippen LogP contribution >= 0.6 is 0 Å². The maximum absolute atomic E-state index is 12.5. The van der Waals surface area contributed by atoms with Crippen molar-refractivity contribution < 1.29 is 9.59 Å². The van der Waals surface area contributed by atoms with Crippen LogP contribution in [0.25, 0.3) is 0 Å². The Hall–Kier alpha value is -2.10. The van der Waals surface area contributed by atoms with E-state index >= 15 is 0 Å². The summed E-state index contributed by atoms with van der Waals surface area (Å²) in [6.07, 6.45) is 9.88. The second-order valence-corrected chi connectivity index (χ2v) is 8.81. The molecule has 4 aliphatic carbocycles. The van der Waals surface area contributed by atoms with Gasteiger partial charge in [0.25, 0.3) is 0 Å². The average Bonchev–Trinajstić information content (AvgIpc) is 2.59. The van der Waals surface area contributed by atoms with Crippen molar-refractivity contribution in [3.8, 4) is 0 Å². The highest BCUT2D eigenvalue weighted by molar-refractivity contribution is 5.93. The van der Waals surface area contributed by atoms with E-state index in [2.05, 4.69) is 12.2 Å². The number of allylic oxidation sites excluding steroid dienone is 1. The third-order valence-electron chi connectivity index (χ3n) is 6.90. The minimum absolute atomic E-state index is 0.0391. The molecule has 138 valence electrons. The van der Waals surface area contributed by atoms with Crippen LogP contribution in [-0.4, -0.2) is 11.8 Å². The van der Waals surface area contributed by atoms with Gasteiger partial charge in [-0.15, -0.1) is 0 Å². The third-order valence-corrected chi connectivity index (χ3v) is 6.90. The summed E-state index contributed by atoms with van der Waals surface area (Å²) in [5.74, 6) is 2.15. The predicted molar refractivity (Wildman–Crippen MR) is 101 cm³/mol. The molecule has 1 aromatic carbocycles. The highest BCUT2D eigenvalue weighted by Crippen LogP contribution is 2.62. The standard InChI is InChI=1S/C22H28N2O2/c1-14(22-10-16-6-17(11-22)8-18(7-16)12-22)5-20(25)24-13-15-3-2-4-19(9-15)21(23)26/h2-5,9,16-18H,6-8,10-13H2,1H3,(H2,23,26)(H,24,25)/b14-5+. The Bertz CT molecular complexity index is 730. The Balaban J connectivity index is 1.41. The Morgan fingerprint density at radius 3 is 2.35 bits per heavy atom. The summed E-state index contributed by atoms with van der Waals surface area (Å²) >= 11 is 0. The van der Waals surface area contributed by atoms with Gasteiger partial charge in [0.2, 0.25) is 11.8 Å². The van der Waals surface area contributed by atoms with Crippen molar-refractivity contribution in [1.82, 2.24) is 5.32 Å². The molecule has 4 nitrogen and oxygen atoms in total. The molecule has 0 unspecified atom stereocenters. The van der Waals surface area contributed by atoms with Gasteiger partial charge in [-0.05, 0) is 86.3 Å². The van der Waals surface area contributed by atoms with Crippen molar-refractivity contribution in [2.45, 2.75) is 52.0 Å². The summed E-state index contributed by atoms with van der Waals surface area (Å²) in [4.78, 5) is 23.7. The van der Waals surface area contributed by atoms with Crippen molar-refractivity contribution in [2.24, 2.45) is 28.9 Å². The third kappa shape index (κ3) is 3.29. The molecular weight excluding hydrogens is 324 g/mol. The topological polar surface area (TPSA) is 72.2 Å². The molecule has 4 fully saturated rings. The summed E-state index contributed by atoms with van der Waals surface area (Å²) in [6, 6.07) is 7.10. The van der Waals surface area contributed by atoms with Crippen molar-refractivity contribution in [2.75, 3.05) is 0 Å². The minimum atomic E-state index is -0.448. The number of nitrogens with one attached hydrogen (secondary N) is 1. The van der Waals surface area contributed by atoms with E-state index in [1.54, 1.807) is 18.2 Å². The second kappa shape index (κ2) is 6.57. The van der Waals surface area contributed by atoms with Gasteiger partial charge >= 0.3 is 0 Å². The first-order valence-electron chi connectivity index (χ1n) is 9.79. The van der Waals surface area contributed by atoms with Crippen molar-refractivity contribution in [1.29, 1.82) is 0 Å². The van der Waals surface area contributed by atoms with E-state index in [0.717, 1.165) is 23.3 Å². The molecular formula is C22H28N2O2. The molecule has 0 heterocycles. The van der Waals surface area contributed by atoms with Gasteiger partial charge in [-0.2, -0.15) is 0 Å². The zero-order chi connectivity index (χ0) is 18.3. The Kier molecular flexibility index (Phi) is 4.37. The minimum Gasteiger partial charge on any atom is -0.366 e. The van der Waals surface area contributed by atoms with E-state index in [0.29, 0.717) is 12.1 Å². The zero-order valence-corrected chi connectivity index (χ0v) is 15.5. The van der Waals surface area contributed by atoms with Crippen LogP contribution in [0.1, 0.15) is 61.4 Å². The van der Waals surface area contributed by atoms with Crippen LogP contribution in [0.2, 0.25) is 0 Å². The lowest BCUT2D eigenvalue weighted by Crippen LogP contribution is -2.46. The van der Waals surface area contributed by atoms with Crippen molar-refractivity contribution in [3.05, 3.63) is 47.0 Å². The summed E-state index contributed by atoms with van der Waals surface area (Å²) in [7, 11) is 0. The van der Waals surface area contributed by atoms with Crippen LogP contribution in [0.4, 0.5) is 0 Å². The molecule has 0 atom stereocenters. The maximum Gasteiger partial charge on any atom is 0.248 e. The van der Waals surface area contributed by atoms with E-state index in [-0.39, 0.29) is 11.3 Å². The predicted octanol–water partition coefficient (Wildman–Crippen LogP) is 3.56. The fourth-order valence-corrected chi connectivity index (χ4v) is 6.02. The summed E-state index contributed by atoms with van der Waals surface area (Å²) < 4.78 is 0. The fourth-order valence-electron chi connectivity index (χ4n) is 6.02. The molecule has 4 bridgehead atoms. The number of rotatable bonds is 5. The van der Waals surface area contributed by atoms with E-state index < -0.39 is 5.91 Å². The lowest BCUT2D eigenvalue weighted by molar-refractivity contribution is -0.116. The summed E-state index contributed by atoms with van der Waals surface area (Å²) in [5, 5.41) is 2.96. The van der Waals surface area contributed by atoms with Crippen molar-refractivity contribution in [3.63, 3.8) is 0 Å². The number of carbonyl (C=O) groups excluding carboxylic acids is 2. The SMILES string of the molecule is C/C(=C\C(=O)NCc1cccc(C(N)=O)c1)C12CC3CC(CC(C3)C1)C2. The molecule has 0 saturated heterocycles. The lowest BCUT2D eigenvalue weighted by atomic mass is 9.48. The monoisotopic (exact) mass is 352 g/mol. The van der Waals surface area contributed by atoms with Gasteiger partial charge in [-0.25, -0.2) is 0 Å². The fraction of sp³-hybridized carbons (Fsp3) is 0.545. The number of hydrogen-bond acceptors (Lipinski definition) is 2. The largest absolute Gasteiger partial charge is 0.366 e. The van der Waals surface area contributed by atoms with Crippen LogP contribution in [-0.2, 0) is 11.3 Å². The van der Waals surface area contributed by atoms with Crippen LogP contribution < -0.4 is 11.1 Å². The summed E-state index contributed by atoms with van der Waals surface area (Å²) in [5.41, 5.74) is 8.21. The van der Waals surface area contributed by atoms with Gasteiger partial charge in [0.05, 0.1) is 0 Å². The first kappa shape index (κ1) is 17.3. The molecule has 0 spiro atoms. The molecule has 3 N–H and O–H groups in total. The number of carbonyl (C=O) groups is 2. The highest BCUT2D eigenvalue weighted by Gasteiger charge is 2.51. The van der Waals surface area contributed by atoms with Gasteiger partial charge in [-0.1, -0.05) is 17.7 Å². The first-order valence-corrected chi connectivity index (χ1v) is 9.79. The Labute approximate surface area is 155 Å². The number of amides is 2. The van der Waals surface area contributed by atoms with Gasteiger partial charge in [0, 0.05) is 18.2 Å². The Morgan fingerprint density at radius 2 is 1.77 bits per heavy atom. The van der Waals surface area contributed by atoms with Crippen LogP contribution in [0.3, 0.4) is 0 Å². The molecule has 4 aliphatic rings. The van der Waals surface area contributed by atoms with Crippen molar-refractivity contribution >= 4 is 11.8 Å². The first-order chi connectivity index (χ1) is 12.4. The van der Waals surface area contributed by atoms with E-state index in [9.17, 15) is 9.59 Å². The molecule has 4 saturated carbocycles. The normalized spacial score (nSPS) is 32.5. The van der Waals surface area contributed by atoms with E-state index in [1.165, 1.54) is 44.1 Å². The smallest absolute Gasteiger partial charge is 0.248 e. The zero-order valence-electron chi connectivity index (χ0n) is 15.5. The molecule has 1 aromatic rings. The average molecular weight is 352 g/mol. The van der Waals surface area contributed by atoms with Gasteiger partial charge in [0.1, 0.15) is 0 Å². The number of nitrogens with two attached hydrogens (primary N) is 1. The van der Waals surface area contributed by atoms with Crippen LogP contribution in [0, 0.1) is 23.2 Å².